The Labute approximate surface area is 108 Å². The molecule has 0 spiro atoms. The zero-order valence-electron chi connectivity index (χ0n) is 8.53. The van der Waals surface area contributed by atoms with Gasteiger partial charge in [-0.3, -0.25) is 0 Å². The normalized spacial score (nSPS) is 10.1. The lowest BCUT2D eigenvalue weighted by Crippen LogP contribution is -3.00. The van der Waals surface area contributed by atoms with Gasteiger partial charge < -0.3 is 12.4 Å². The highest BCUT2D eigenvalue weighted by atomic mass is 35.5. The van der Waals surface area contributed by atoms with Gasteiger partial charge in [0.2, 0.25) is 5.69 Å². The number of nitrogens with zero attached hydrogens (tertiary/aromatic N) is 2. The van der Waals surface area contributed by atoms with Crippen molar-refractivity contribution in [1.29, 1.82) is 0 Å². The number of hydrogen-bond acceptors (Lipinski definition) is 1. The van der Waals surface area contributed by atoms with E-state index in [-0.39, 0.29) is 18.1 Å². The molecule has 0 atom stereocenters. The molecule has 2 aromatic heterocycles. The molecule has 0 aromatic carbocycles. The fraction of sp³-hybridized carbons (Fsp3) is 0.0909. The van der Waals surface area contributed by atoms with Crippen molar-refractivity contribution in [3.05, 3.63) is 53.6 Å². The molecule has 17 heavy (non-hydrogen) atoms. The minimum Gasteiger partial charge on any atom is -1.00 e. The third kappa shape index (κ3) is 3.11. The molecule has 0 bridgehead atoms. The summed E-state index contributed by atoms with van der Waals surface area (Å²) >= 11 is 5.95. The van der Waals surface area contributed by atoms with Crippen molar-refractivity contribution in [2.24, 2.45) is 0 Å². The van der Waals surface area contributed by atoms with Gasteiger partial charge in [0.05, 0.1) is 6.20 Å². The molecule has 0 saturated heterocycles. The van der Waals surface area contributed by atoms with Crippen molar-refractivity contribution >= 4 is 11.6 Å². The Kier molecular flexibility index (Phi) is 4.78. The lowest BCUT2D eigenvalue weighted by atomic mass is 10.3. The lowest BCUT2D eigenvalue weighted by Gasteiger charge is -1.99. The van der Waals surface area contributed by atoms with Crippen LogP contribution >= 0.6 is 11.6 Å². The quantitative estimate of drug-likeness (QED) is 0.556. The predicted molar refractivity (Wildman–Crippen MR) is 55.7 cm³/mol. The summed E-state index contributed by atoms with van der Waals surface area (Å²) in [4.78, 5) is 3.67. The van der Waals surface area contributed by atoms with Gasteiger partial charge in [0.15, 0.2) is 6.20 Å². The average molecular weight is 277 g/mol. The molecule has 0 radical (unpaired) electrons. The molecule has 0 aliphatic heterocycles. The second-order valence-corrected chi connectivity index (χ2v) is 3.52. The third-order valence-electron chi connectivity index (χ3n) is 2.08. The zero-order valence-corrected chi connectivity index (χ0v) is 10.0. The van der Waals surface area contributed by atoms with E-state index in [4.69, 9.17) is 11.6 Å². The molecule has 0 fully saturated rings. The summed E-state index contributed by atoms with van der Waals surface area (Å²) in [6.07, 6.45) is 0.555. The maximum Gasteiger partial charge on any atom is 0.280 e. The maximum absolute atomic E-state index is 12.3. The SMILES string of the molecule is FC(F)c1ccc(-[n+]2ccccc2Cl)cn1.[Cl-]. The Hall–Kier alpha value is -1.26. The van der Waals surface area contributed by atoms with E-state index < -0.39 is 6.43 Å². The Morgan fingerprint density at radius 2 is 1.94 bits per heavy atom. The minimum atomic E-state index is -2.55. The highest BCUT2D eigenvalue weighted by Crippen LogP contribution is 2.16. The monoisotopic (exact) mass is 276 g/mol. The summed E-state index contributed by atoms with van der Waals surface area (Å²) in [7, 11) is 0. The number of aromatic nitrogens is 2. The third-order valence-corrected chi connectivity index (χ3v) is 2.39. The van der Waals surface area contributed by atoms with Crippen molar-refractivity contribution in [3.8, 4) is 5.69 Å². The average Bonchev–Trinajstić information content (AvgIpc) is 2.30. The van der Waals surface area contributed by atoms with Crippen LogP contribution in [0.5, 0.6) is 0 Å². The molecule has 0 amide bonds. The van der Waals surface area contributed by atoms with Crippen molar-refractivity contribution < 1.29 is 25.8 Å². The molecule has 0 saturated carbocycles. The van der Waals surface area contributed by atoms with Crippen LogP contribution in [0.3, 0.4) is 0 Å². The van der Waals surface area contributed by atoms with Gasteiger partial charge in [-0.05, 0) is 23.7 Å². The fourth-order valence-electron chi connectivity index (χ4n) is 1.30. The van der Waals surface area contributed by atoms with E-state index >= 15 is 0 Å². The van der Waals surface area contributed by atoms with Gasteiger partial charge in [0.25, 0.3) is 11.6 Å². The van der Waals surface area contributed by atoms with Crippen LogP contribution in [0.15, 0.2) is 42.7 Å². The van der Waals surface area contributed by atoms with Crippen LogP contribution in [0, 0.1) is 0 Å². The van der Waals surface area contributed by atoms with Crippen LogP contribution in [0.4, 0.5) is 8.78 Å². The molecule has 2 rings (SSSR count). The first-order valence-electron chi connectivity index (χ1n) is 4.59. The highest BCUT2D eigenvalue weighted by molar-refractivity contribution is 6.28. The maximum atomic E-state index is 12.3. The molecule has 0 aliphatic rings. The van der Waals surface area contributed by atoms with Gasteiger partial charge >= 0.3 is 0 Å². The highest BCUT2D eigenvalue weighted by Gasteiger charge is 2.13. The van der Waals surface area contributed by atoms with Gasteiger partial charge in [0.1, 0.15) is 5.69 Å². The number of hydrogen-bond donors (Lipinski definition) is 0. The Bertz CT molecular complexity index is 489. The zero-order chi connectivity index (χ0) is 11.5. The van der Waals surface area contributed by atoms with Crippen molar-refractivity contribution in [3.63, 3.8) is 0 Å². The van der Waals surface area contributed by atoms with Crippen LogP contribution < -0.4 is 17.0 Å². The van der Waals surface area contributed by atoms with Gasteiger partial charge in [-0.25, -0.2) is 13.8 Å². The van der Waals surface area contributed by atoms with Crippen molar-refractivity contribution in [1.82, 2.24) is 4.98 Å². The molecular weight excluding hydrogens is 269 g/mol. The first-order chi connectivity index (χ1) is 7.68. The number of alkyl halides is 2. The molecule has 2 nitrogen and oxygen atoms in total. The minimum absolute atomic E-state index is 0. The summed E-state index contributed by atoms with van der Waals surface area (Å²) < 4.78 is 26.2. The number of halogens is 4. The topological polar surface area (TPSA) is 16.8 Å². The smallest absolute Gasteiger partial charge is 0.280 e. The molecule has 2 heterocycles. The van der Waals surface area contributed by atoms with Crippen LogP contribution in [-0.4, -0.2) is 4.98 Å². The first kappa shape index (κ1) is 13.8. The van der Waals surface area contributed by atoms with E-state index in [0.717, 1.165) is 0 Å². The summed E-state index contributed by atoms with van der Waals surface area (Å²) in [5.41, 5.74) is 0.409. The largest absolute Gasteiger partial charge is 1.00 e. The fourth-order valence-corrected chi connectivity index (χ4v) is 1.53. The summed E-state index contributed by atoms with van der Waals surface area (Å²) in [6, 6.07) is 8.14. The van der Waals surface area contributed by atoms with Crippen LogP contribution in [0.2, 0.25) is 5.15 Å². The van der Waals surface area contributed by atoms with E-state index in [0.29, 0.717) is 10.8 Å². The first-order valence-corrected chi connectivity index (χ1v) is 4.97. The van der Waals surface area contributed by atoms with Crippen molar-refractivity contribution in [2.75, 3.05) is 0 Å². The van der Waals surface area contributed by atoms with Crippen molar-refractivity contribution in [2.45, 2.75) is 6.43 Å². The van der Waals surface area contributed by atoms with Crippen LogP contribution in [0.25, 0.3) is 5.69 Å². The Morgan fingerprint density at radius 1 is 1.18 bits per heavy atom. The Morgan fingerprint density at radius 3 is 2.47 bits per heavy atom. The van der Waals surface area contributed by atoms with Gasteiger partial charge in [-0.15, -0.1) is 4.57 Å². The molecular formula is C11H8Cl2F2N2. The second kappa shape index (κ2) is 5.89. The van der Waals surface area contributed by atoms with Gasteiger partial charge in [-0.1, -0.05) is 0 Å². The molecule has 2 aromatic rings. The van der Waals surface area contributed by atoms with Crippen LogP contribution in [0.1, 0.15) is 12.1 Å². The standard InChI is InChI=1S/C11H8ClF2N2.ClH/c12-10-3-1-2-6-16(10)8-4-5-9(11(13)14)15-7-8;/h1-7,11H;1H/q+1;/p-1. The summed E-state index contributed by atoms with van der Waals surface area (Å²) in [5.74, 6) is 0. The van der Waals surface area contributed by atoms with E-state index in [9.17, 15) is 8.78 Å². The van der Waals surface area contributed by atoms with E-state index in [1.807, 2.05) is 0 Å². The second-order valence-electron chi connectivity index (χ2n) is 3.14. The molecule has 90 valence electrons. The number of pyridine rings is 2. The molecule has 0 aliphatic carbocycles. The van der Waals surface area contributed by atoms with E-state index in [1.165, 1.54) is 12.3 Å². The van der Waals surface area contributed by atoms with Gasteiger partial charge in [-0.2, -0.15) is 0 Å². The Balaban J connectivity index is 0.00000144. The molecule has 6 heteroatoms. The van der Waals surface area contributed by atoms with E-state index in [1.54, 1.807) is 35.0 Å². The van der Waals surface area contributed by atoms with E-state index in [2.05, 4.69) is 4.98 Å². The molecule has 0 N–H and O–H groups in total. The van der Waals surface area contributed by atoms with Crippen LogP contribution in [-0.2, 0) is 0 Å². The predicted octanol–water partition coefficient (Wildman–Crippen LogP) is -0.0467. The van der Waals surface area contributed by atoms with Gasteiger partial charge in [0, 0.05) is 18.2 Å². The summed E-state index contributed by atoms with van der Waals surface area (Å²) in [6.45, 7) is 0. The molecule has 0 unspecified atom stereocenters. The number of rotatable bonds is 2. The summed E-state index contributed by atoms with van der Waals surface area (Å²) in [5, 5.41) is 0.495. The lowest BCUT2D eigenvalue weighted by molar-refractivity contribution is -0.593.